The molecule has 178 valence electrons. The first-order chi connectivity index (χ1) is 16.5. The number of nitrogens with zero attached hydrogens (tertiary/aromatic N) is 3. The van der Waals surface area contributed by atoms with Crippen LogP contribution in [-0.4, -0.2) is 55.2 Å². The van der Waals surface area contributed by atoms with E-state index in [1.54, 1.807) is 25.4 Å². The summed E-state index contributed by atoms with van der Waals surface area (Å²) in [5.74, 6) is 1.24. The maximum atomic E-state index is 12.6. The van der Waals surface area contributed by atoms with E-state index in [-0.39, 0.29) is 18.1 Å². The topological polar surface area (TPSA) is 54.9 Å². The van der Waals surface area contributed by atoms with Crippen molar-refractivity contribution in [2.24, 2.45) is 0 Å². The number of carbonyl (C=O) groups is 1. The van der Waals surface area contributed by atoms with Crippen molar-refractivity contribution in [1.29, 1.82) is 0 Å². The summed E-state index contributed by atoms with van der Waals surface area (Å²) in [6.07, 6.45) is 2.58. The molecule has 0 saturated carbocycles. The molecule has 34 heavy (non-hydrogen) atoms. The summed E-state index contributed by atoms with van der Waals surface area (Å²) in [5, 5.41) is 0. The van der Waals surface area contributed by atoms with Crippen molar-refractivity contribution in [3.63, 3.8) is 0 Å². The molecule has 1 aromatic heterocycles. The predicted octanol–water partition coefficient (Wildman–Crippen LogP) is 5.03. The van der Waals surface area contributed by atoms with Crippen LogP contribution in [0.5, 0.6) is 5.75 Å². The van der Waals surface area contributed by atoms with E-state index in [2.05, 4.69) is 45.1 Å². The highest BCUT2D eigenvalue weighted by Crippen LogP contribution is 2.30. The monoisotopic (exact) mass is 459 g/mol. The van der Waals surface area contributed by atoms with Gasteiger partial charge in [-0.1, -0.05) is 42.5 Å². The third-order valence-electron chi connectivity index (χ3n) is 6.26. The molecule has 0 N–H and O–H groups in total. The summed E-state index contributed by atoms with van der Waals surface area (Å²) in [7, 11) is 3.72. The lowest BCUT2D eigenvalue weighted by molar-refractivity contribution is 0.0378. The van der Waals surface area contributed by atoms with E-state index in [4.69, 9.17) is 9.47 Å². The van der Waals surface area contributed by atoms with Crippen molar-refractivity contribution in [3.05, 3.63) is 78.0 Å². The van der Waals surface area contributed by atoms with Crippen LogP contribution in [0, 0.1) is 0 Å². The van der Waals surface area contributed by atoms with Crippen LogP contribution in [0.3, 0.4) is 0 Å². The normalized spacial score (nSPS) is 16.0. The highest BCUT2D eigenvalue weighted by atomic mass is 16.5. The lowest BCUT2D eigenvalue weighted by atomic mass is 10.0. The number of hydrogen-bond donors (Lipinski definition) is 0. The fraction of sp³-hybridized carbons (Fsp3) is 0.357. The number of carbonyl (C=O) groups excluding carboxylic acids is 1. The summed E-state index contributed by atoms with van der Waals surface area (Å²) < 4.78 is 10.9. The van der Waals surface area contributed by atoms with E-state index < -0.39 is 0 Å². The van der Waals surface area contributed by atoms with Gasteiger partial charge in [0.2, 0.25) is 0 Å². The number of methoxy groups -OCH3 is 1. The van der Waals surface area contributed by atoms with Gasteiger partial charge in [-0.3, -0.25) is 4.90 Å². The number of pyridine rings is 1. The van der Waals surface area contributed by atoms with Crippen LogP contribution in [0.15, 0.2) is 66.9 Å². The molecule has 0 radical (unpaired) electrons. The van der Waals surface area contributed by atoms with Gasteiger partial charge in [0.25, 0.3) is 0 Å². The Kier molecular flexibility index (Phi) is 7.48. The van der Waals surface area contributed by atoms with Gasteiger partial charge in [0.05, 0.1) is 13.2 Å². The maximum absolute atomic E-state index is 12.6. The number of likely N-dealkylation sites (N-methyl/N-ethyl adjacent to an activating group) is 1. The van der Waals surface area contributed by atoms with Gasteiger partial charge in [-0.15, -0.1) is 0 Å². The third kappa shape index (κ3) is 5.39. The zero-order valence-corrected chi connectivity index (χ0v) is 20.4. The molecule has 0 spiro atoms. The smallest absolute Gasteiger partial charge is 0.342 e. The SMILES string of the molecule is COc1ccccc1-c1ccc(CN2CCC(N(C)c3ncccc3C(=O)OC(C)C)C2)cc1. The van der Waals surface area contributed by atoms with E-state index >= 15 is 0 Å². The molecular formula is C28H33N3O3. The van der Waals surface area contributed by atoms with Gasteiger partial charge in [-0.25, -0.2) is 9.78 Å². The third-order valence-corrected chi connectivity index (χ3v) is 6.26. The Morgan fingerprint density at radius 3 is 2.62 bits per heavy atom. The number of para-hydroxylation sites is 1. The van der Waals surface area contributed by atoms with E-state index in [0.29, 0.717) is 11.4 Å². The molecule has 0 aliphatic carbocycles. The molecule has 2 aromatic carbocycles. The standard InChI is InChI=1S/C28H33N3O3/c1-20(2)34-28(32)25-9-7-16-29-27(25)30(3)23-15-17-31(19-23)18-21-11-13-22(14-12-21)24-8-5-6-10-26(24)33-4/h5-14,16,20,23H,15,17-19H2,1-4H3. The quantitative estimate of drug-likeness (QED) is 0.440. The minimum absolute atomic E-state index is 0.165. The molecule has 1 unspecified atom stereocenters. The highest BCUT2D eigenvalue weighted by molar-refractivity contribution is 5.94. The van der Waals surface area contributed by atoms with E-state index in [0.717, 1.165) is 42.9 Å². The van der Waals surface area contributed by atoms with E-state index in [1.807, 2.05) is 39.1 Å². The molecule has 1 aliphatic heterocycles. The number of hydrogen-bond acceptors (Lipinski definition) is 6. The molecule has 1 atom stereocenters. The fourth-order valence-corrected chi connectivity index (χ4v) is 4.49. The summed E-state index contributed by atoms with van der Waals surface area (Å²) in [6.45, 7) is 6.52. The zero-order valence-electron chi connectivity index (χ0n) is 20.4. The molecule has 6 heteroatoms. The number of aromatic nitrogens is 1. The number of ether oxygens (including phenoxy) is 2. The molecule has 6 nitrogen and oxygen atoms in total. The Morgan fingerprint density at radius 1 is 1.12 bits per heavy atom. The van der Waals surface area contributed by atoms with Crippen molar-refractivity contribution in [3.8, 4) is 16.9 Å². The van der Waals surface area contributed by atoms with Crippen LogP contribution >= 0.6 is 0 Å². The van der Waals surface area contributed by atoms with Crippen molar-refractivity contribution in [1.82, 2.24) is 9.88 Å². The predicted molar refractivity (Wildman–Crippen MR) is 135 cm³/mol. The van der Waals surface area contributed by atoms with E-state index in [9.17, 15) is 4.79 Å². The Hall–Kier alpha value is -3.38. The number of esters is 1. The van der Waals surface area contributed by atoms with Crippen LogP contribution in [0.25, 0.3) is 11.1 Å². The Labute approximate surface area is 202 Å². The van der Waals surface area contributed by atoms with Crippen LogP contribution in [0.2, 0.25) is 0 Å². The first-order valence-corrected chi connectivity index (χ1v) is 11.8. The molecule has 4 rings (SSSR count). The average molecular weight is 460 g/mol. The van der Waals surface area contributed by atoms with E-state index in [1.165, 1.54) is 5.56 Å². The second-order valence-electron chi connectivity index (χ2n) is 9.01. The first kappa shape index (κ1) is 23.8. The molecule has 0 amide bonds. The van der Waals surface area contributed by atoms with Crippen LogP contribution in [-0.2, 0) is 11.3 Å². The van der Waals surface area contributed by atoms with Crippen molar-refractivity contribution in [2.75, 3.05) is 32.1 Å². The lowest BCUT2D eigenvalue weighted by Crippen LogP contribution is -2.36. The summed E-state index contributed by atoms with van der Waals surface area (Å²) in [5.41, 5.74) is 4.04. The fourth-order valence-electron chi connectivity index (χ4n) is 4.49. The zero-order chi connectivity index (χ0) is 24.1. The number of benzene rings is 2. The van der Waals surface area contributed by atoms with Gasteiger partial charge in [-0.2, -0.15) is 0 Å². The molecular weight excluding hydrogens is 426 g/mol. The minimum atomic E-state index is -0.324. The van der Waals surface area contributed by atoms with Gasteiger partial charge in [0.1, 0.15) is 17.1 Å². The number of likely N-dealkylation sites (tertiary alicyclic amines) is 1. The first-order valence-electron chi connectivity index (χ1n) is 11.8. The second-order valence-corrected chi connectivity index (χ2v) is 9.01. The Morgan fingerprint density at radius 2 is 1.88 bits per heavy atom. The van der Waals surface area contributed by atoms with Crippen molar-refractivity contribution < 1.29 is 14.3 Å². The minimum Gasteiger partial charge on any atom is -0.496 e. The molecule has 1 saturated heterocycles. The lowest BCUT2D eigenvalue weighted by Gasteiger charge is -2.27. The van der Waals surface area contributed by atoms with Gasteiger partial charge >= 0.3 is 5.97 Å². The Bertz CT molecular complexity index is 1110. The molecule has 3 aromatic rings. The average Bonchev–Trinajstić information content (AvgIpc) is 3.32. The molecule has 1 fully saturated rings. The Balaban J connectivity index is 1.40. The molecule has 2 heterocycles. The summed E-state index contributed by atoms with van der Waals surface area (Å²) in [6, 6.07) is 20.6. The second kappa shape index (κ2) is 10.7. The van der Waals surface area contributed by atoms with Crippen molar-refractivity contribution in [2.45, 2.75) is 39.0 Å². The summed E-state index contributed by atoms with van der Waals surface area (Å²) >= 11 is 0. The number of anilines is 1. The van der Waals surface area contributed by atoms with Gasteiger partial charge in [0, 0.05) is 44.5 Å². The van der Waals surface area contributed by atoms with Gasteiger partial charge in [0.15, 0.2) is 0 Å². The van der Waals surface area contributed by atoms with Crippen LogP contribution in [0.4, 0.5) is 5.82 Å². The summed E-state index contributed by atoms with van der Waals surface area (Å²) in [4.78, 5) is 21.7. The molecule has 0 bridgehead atoms. The van der Waals surface area contributed by atoms with Crippen LogP contribution in [0.1, 0.15) is 36.2 Å². The number of rotatable bonds is 8. The maximum Gasteiger partial charge on any atom is 0.342 e. The molecule has 1 aliphatic rings. The van der Waals surface area contributed by atoms with Gasteiger partial charge < -0.3 is 14.4 Å². The largest absolute Gasteiger partial charge is 0.496 e. The van der Waals surface area contributed by atoms with Gasteiger partial charge in [-0.05, 0) is 49.6 Å². The van der Waals surface area contributed by atoms with Crippen LogP contribution < -0.4 is 9.64 Å². The van der Waals surface area contributed by atoms with Crippen molar-refractivity contribution >= 4 is 11.8 Å². The highest BCUT2D eigenvalue weighted by Gasteiger charge is 2.29.